The molecule has 1 rings (SSSR count). The number of carbonyl (C=O) groups excluding carboxylic acids is 1. The van der Waals surface area contributed by atoms with Gasteiger partial charge in [-0.25, -0.2) is 3.63 Å². The minimum atomic E-state index is -5.68. The molecule has 0 aliphatic heterocycles. The Kier molecular flexibility index (Phi) is 4.96. The second-order valence-electron chi connectivity index (χ2n) is 4.27. The molecule has 0 N–H and O–H groups in total. The number of hydrogen-bond acceptors (Lipinski definition) is 5. The lowest BCUT2D eigenvalue weighted by molar-refractivity contribution is -0.131. The summed E-state index contributed by atoms with van der Waals surface area (Å²) in [6, 6.07) is 5.38. The molecule has 0 radical (unpaired) electrons. The highest BCUT2D eigenvalue weighted by atomic mass is 32.3. The van der Waals surface area contributed by atoms with E-state index in [1.54, 1.807) is 0 Å². The average Bonchev–Trinajstić information content (AvgIpc) is 2.25. The first kappa shape index (κ1) is 17.8. The Hall–Kier alpha value is -1.26. The first-order valence-corrected chi connectivity index (χ1v) is 9.17. The van der Waals surface area contributed by atoms with Crippen LogP contribution in [0.1, 0.15) is 6.92 Å². The molecule has 0 atom stereocenters. The minimum Gasteiger partial charge on any atom is -0.427 e. The van der Waals surface area contributed by atoms with Crippen molar-refractivity contribution in [1.82, 2.24) is 0 Å². The summed E-state index contributed by atoms with van der Waals surface area (Å²) in [7, 11) is -8.38. The summed E-state index contributed by atoms with van der Waals surface area (Å²) in [4.78, 5) is 11.0. The molecule has 0 amide bonds. The van der Waals surface area contributed by atoms with Crippen LogP contribution in [0.4, 0.5) is 13.2 Å². The lowest BCUT2D eigenvalue weighted by Crippen LogP contribution is -2.26. The van der Waals surface area contributed by atoms with Crippen LogP contribution >= 0.6 is 10.3 Å². The Balaban J connectivity index is 3.01. The standard InChI is InChI=1S/C11H13F3O5S2/c1-8(15)18-9-4-6-10(7-5-9)20(2,3)19-21(16,17)11(12,13)14/h4-7H,1-3H3. The fourth-order valence-corrected chi connectivity index (χ4v) is 4.51. The van der Waals surface area contributed by atoms with E-state index in [1.807, 2.05) is 0 Å². The van der Waals surface area contributed by atoms with Crippen molar-refractivity contribution >= 4 is 26.4 Å². The summed E-state index contributed by atoms with van der Waals surface area (Å²) in [6.45, 7) is 1.20. The largest absolute Gasteiger partial charge is 0.523 e. The number of ether oxygens (including phenoxy) is 1. The maximum absolute atomic E-state index is 12.3. The second-order valence-corrected chi connectivity index (χ2v) is 9.12. The van der Waals surface area contributed by atoms with Crippen LogP contribution in [0, 0.1) is 0 Å². The van der Waals surface area contributed by atoms with Crippen molar-refractivity contribution in [2.24, 2.45) is 0 Å². The van der Waals surface area contributed by atoms with Gasteiger partial charge < -0.3 is 4.74 Å². The van der Waals surface area contributed by atoms with Gasteiger partial charge in [-0.1, -0.05) is 10.3 Å². The van der Waals surface area contributed by atoms with Crippen LogP contribution in [-0.4, -0.2) is 32.4 Å². The second kappa shape index (κ2) is 5.85. The quantitative estimate of drug-likeness (QED) is 0.476. The number of benzene rings is 1. The van der Waals surface area contributed by atoms with Gasteiger partial charge in [0.2, 0.25) is 0 Å². The molecule has 0 aliphatic carbocycles. The van der Waals surface area contributed by atoms with Crippen molar-refractivity contribution in [3.05, 3.63) is 24.3 Å². The molecule has 120 valence electrons. The van der Waals surface area contributed by atoms with Crippen LogP contribution in [0.25, 0.3) is 0 Å². The van der Waals surface area contributed by atoms with Gasteiger partial charge in [0.1, 0.15) is 5.75 Å². The molecular formula is C11H13F3O5S2. The zero-order valence-electron chi connectivity index (χ0n) is 11.3. The van der Waals surface area contributed by atoms with Crippen molar-refractivity contribution < 1.29 is 34.7 Å². The fourth-order valence-electron chi connectivity index (χ4n) is 1.30. The lowest BCUT2D eigenvalue weighted by Gasteiger charge is -2.30. The zero-order valence-corrected chi connectivity index (χ0v) is 12.9. The first-order valence-electron chi connectivity index (χ1n) is 5.39. The summed E-state index contributed by atoms with van der Waals surface area (Å²) >= 11 is 0. The normalized spacial score (nSPS) is 13.8. The maximum Gasteiger partial charge on any atom is 0.523 e. The number of hydrogen-bond donors (Lipinski definition) is 0. The number of rotatable bonds is 4. The van der Waals surface area contributed by atoms with E-state index >= 15 is 0 Å². The highest BCUT2D eigenvalue weighted by Crippen LogP contribution is 2.53. The predicted molar refractivity (Wildman–Crippen MR) is 71.5 cm³/mol. The highest BCUT2D eigenvalue weighted by Gasteiger charge is 2.49. The Morgan fingerprint density at radius 2 is 1.57 bits per heavy atom. The van der Waals surface area contributed by atoms with E-state index in [0.29, 0.717) is 0 Å². The van der Waals surface area contributed by atoms with Crippen molar-refractivity contribution in [3.63, 3.8) is 0 Å². The van der Waals surface area contributed by atoms with Crippen LogP contribution in [0.5, 0.6) is 5.75 Å². The van der Waals surface area contributed by atoms with Gasteiger partial charge in [0, 0.05) is 11.8 Å². The zero-order chi connectivity index (χ0) is 16.5. The molecule has 0 saturated carbocycles. The first-order chi connectivity index (χ1) is 9.35. The molecule has 0 spiro atoms. The number of halogens is 3. The van der Waals surface area contributed by atoms with Crippen LogP contribution in [-0.2, 0) is 18.5 Å². The molecule has 21 heavy (non-hydrogen) atoms. The highest BCUT2D eigenvalue weighted by molar-refractivity contribution is 8.32. The molecule has 1 aromatic carbocycles. The van der Waals surface area contributed by atoms with E-state index < -0.39 is 31.9 Å². The van der Waals surface area contributed by atoms with E-state index in [9.17, 15) is 26.4 Å². The van der Waals surface area contributed by atoms with Crippen molar-refractivity contribution in [1.29, 1.82) is 0 Å². The number of carbonyl (C=O) groups is 1. The maximum atomic E-state index is 12.3. The molecule has 5 nitrogen and oxygen atoms in total. The molecule has 0 bridgehead atoms. The molecular weight excluding hydrogens is 333 g/mol. The predicted octanol–water partition coefficient (Wildman–Crippen LogP) is 2.82. The van der Waals surface area contributed by atoms with E-state index in [4.69, 9.17) is 4.74 Å². The summed E-state index contributed by atoms with van der Waals surface area (Å²) in [5, 5.41) is 0. The van der Waals surface area contributed by atoms with Gasteiger partial charge in [0.05, 0.1) is 0 Å². The van der Waals surface area contributed by atoms with Crippen LogP contribution in [0.2, 0.25) is 0 Å². The molecule has 0 unspecified atom stereocenters. The Bertz CT molecular complexity index is 620. The van der Waals surface area contributed by atoms with Crippen LogP contribution in [0.3, 0.4) is 0 Å². The third-order valence-electron chi connectivity index (χ3n) is 2.20. The minimum absolute atomic E-state index is 0.195. The summed E-state index contributed by atoms with van der Waals surface area (Å²) in [5.74, 6) is -0.356. The van der Waals surface area contributed by atoms with Crippen LogP contribution < -0.4 is 4.74 Å². The van der Waals surface area contributed by atoms with Crippen molar-refractivity contribution in [2.45, 2.75) is 17.3 Å². The van der Waals surface area contributed by atoms with Gasteiger partial charge in [-0.3, -0.25) is 4.79 Å². The molecule has 10 heteroatoms. The summed E-state index contributed by atoms with van der Waals surface area (Å²) in [5.41, 5.74) is -5.48. The Morgan fingerprint density at radius 3 is 1.95 bits per heavy atom. The summed E-state index contributed by atoms with van der Waals surface area (Å²) < 4.78 is 68.2. The van der Waals surface area contributed by atoms with Gasteiger partial charge in [-0.05, 0) is 36.8 Å². The van der Waals surface area contributed by atoms with Gasteiger partial charge in [-0.15, -0.1) is 0 Å². The molecule has 0 fully saturated rings. The topological polar surface area (TPSA) is 69.7 Å². The van der Waals surface area contributed by atoms with E-state index in [0.717, 1.165) is 0 Å². The van der Waals surface area contributed by atoms with Gasteiger partial charge in [0.15, 0.2) is 0 Å². The average molecular weight is 346 g/mol. The lowest BCUT2D eigenvalue weighted by atomic mass is 10.3. The van der Waals surface area contributed by atoms with Gasteiger partial charge >= 0.3 is 21.6 Å². The van der Waals surface area contributed by atoms with E-state index in [-0.39, 0.29) is 10.6 Å². The fraction of sp³-hybridized carbons (Fsp3) is 0.364. The van der Waals surface area contributed by atoms with Crippen molar-refractivity contribution in [2.75, 3.05) is 12.5 Å². The number of alkyl halides is 3. The Labute approximate surface area is 121 Å². The van der Waals surface area contributed by atoms with Gasteiger partial charge in [0.25, 0.3) is 0 Å². The molecule has 0 aromatic heterocycles. The molecule has 0 saturated heterocycles. The Morgan fingerprint density at radius 1 is 1.10 bits per heavy atom. The third-order valence-corrected chi connectivity index (χ3v) is 6.25. The SMILES string of the molecule is CC(=O)Oc1ccc(S(C)(C)OS(=O)(=O)C(F)(F)F)cc1. The van der Waals surface area contributed by atoms with E-state index in [2.05, 4.69) is 3.63 Å². The molecule has 1 aromatic rings. The molecule has 0 aliphatic rings. The summed E-state index contributed by atoms with van der Waals surface area (Å²) in [6.07, 6.45) is 2.52. The van der Waals surface area contributed by atoms with Crippen LogP contribution in [0.15, 0.2) is 29.2 Å². The number of esters is 1. The van der Waals surface area contributed by atoms with Gasteiger partial charge in [-0.2, -0.15) is 21.6 Å². The van der Waals surface area contributed by atoms with Crippen molar-refractivity contribution in [3.8, 4) is 5.75 Å². The smallest absolute Gasteiger partial charge is 0.427 e. The monoisotopic (exact) mass is 346 g/mol. The van der Waals surface area contributed by atoms with E-state index in [1.165, 1.54) is 43.7 Å². The third kappa shape index (κ3) is 4.61. The molecule has 0 heterocycles.